The molecule has 184 valence electrons. The van der Waals surface area contributed by atoms with Crippen LogP contribution >= 0.6 is 23.2 Å². The number of hydrogen-bond donors (Lipinski definition) is 3. The Balaban J connectivity index is 1.48. The first-order valence-electron chi connectivity index (χ1n) is 11.0. The van der Waals surface area contributed by atoms with Gasteiger partial charge in [0.1, 0.15) is 23.4 Å². The molecular weight excluding hydrogens is 489 g/mol. The summed E-state index contributed by atoms with van der Waals surface area (Å²) in [6.07, 6.45) is 2.71. The van der Waals surface area contributed by atoms with Gasteiger partial charge in [-0.25, -0.2) is 9.78 Å². The van der Waals surface area contributed by atoms with E-state index < -0.39 is 12.0 Å². The molecule has 0 aliphatic heterocycles. The number of aliphatic carboxylic acids is 1. The number of aromatic nitrogens is 1. The van der Waals surface area contributed by atoms with E-state index in [0.717, 1.165) is 23.6 Å². The molecule has 0 saturated carbocycles. The van der Waals surface area contributed by atoms with Crippen molar-refractivity contribution in [1.29, 1.82) is 0 Å². The number of anilines is 1. The number of nitrogens with one attached hydrogen (secondary N) is 2. The highest BCUT2D eigenvalue weighted by atomic mass is 35.5. The van der Waals surface area contributed by atoms with E-state index in [1.165, 1.54) is 0 Å². The summed E-state index contributed by atoms with van der Waals surface area (Å²) in [5.41, 5.74) is 1.68. The van der Waals surface area contributed by atoms with Crippen molar-refractivity contribution in [3.63, 3.8) is 0 Å². The number of benzene rings is 2. The van der Waals surface area contributed by atoms with Crippen molar-refractivity contribution >= 4 is 40.7 Å². The van der Waals surface area contributed by atoms with Gasteiger partial charge in [-0.05, 0) is 42.3 Å². The topological polar surface area (TPSA) is 92.7 Å². The molecule has 0 amide bonds. The van der Waals surface area contributed by atoms with Crippen molar-refractivity contribution in [3.05, 3.63) is 88.5 Å². The van der Waals surface area contributed by atoms with E-state index in [2.05, 4.69) is 22.2 Å². The lowest BCUT2D eigenvalue weighted by Gasteiger charge is -2.19. The minimum absolute atomic E-state index is 0.244. The molecule has 3 aromatic rings. The third-order valence-corrected chi connectivity index (χ3v) is 5.77. The molecule has 2 aromatic carbocycles. The van der Waals surface area contributed by atoms with Crippen LogP contribution in [0.25, 0.3) is 5.70 Å². The van der Waals surface area contributed by atoms with Crippen molar-refractivity contribution < 1.29 is 19.4 Å². The molecule has 9 heteroatoms. The molecule has 0 radical (unpaired) electrons. The van der Waals surface area contributed by atoms with Gasteiger partial charge in [0.25, 0.3) is 0 Å². The molecule has 0 aliphatic carbocycles. The van der Waals surface area contributed by atoms with Gasteiger partial charge in [-0.3, -0.25) is 0 Å². The Bertz CT molecular complexity index is 1140. The van der Waals surface area contributed by atoms with Crippen LogP contribution in [0.15, 0.2) is 67.4 Å². The highest BCUT2D eigenvalue weighted by molar-refractivity contribution is 6.37. The van der Waals surface area contributed by atoms with Gasteiger partial charge in [0, 0.05) is 36.5 Å². The van der Waals surface area contributed by atoms with E-state index >= 15 is 0 Å². The number of carboxylic acids is 1. The first-order chi connectivity index (χ1) is 16.9. The number of carboxylic acid groups (broad SMARTS) is 1. The standard InChI is InChI=1S/C26H27Cl2N3O4/c1-17(25-21(27)5-3-6-22(25)28)31-23(26(32)33)15-18-7-9-19(10-8-18)35-14-4-12-29-24-16-20(34-2)11-13-30-24/h3,5-11,13,16,23,31H,1,4,12,14-15H2,2H3,(H,29,30)(H,32,33)/t23-/m0/s1. The van der Waals surface area contributed by atoms with Crippen LogP contribution < -0.4 is 20.1 Å². The van der Waals surface area contributed by atoms with Crippen LogP contribution in [0.4, 0.5) is 5.82 Å². The van der Waals surface area contributed by atoms with Crippen LogP contribution in [0, 0.1) is 0 Å². The lowest BCUT2D eigenvalue weighted by Crippen LogP contribution is -2.37. The number of pyridine rings is 1. The number of nitrogens with zero attached hydrogens (tertiary/aromatic N) is 1. The Hall–Kier alpha value is -3.42. The van der Waals surface area contributed by atoms with Crippen LogP contribution in [-0.2, 0) is 11.2 Å². The third-order valence-electron chi connectivity index (χ3n) is 5.14. The zero-order chi connectivity index (χ0) is 25.2. The Labute approximate surface area is 214 Å². The fourth-order valence-electron chi connectivity index (χ4n) is 3.34. The van der Waals surface area contributed by atoms with Gasteiger partial charge in [-0.15, -0.1) is 0 Å². The Morgan fingerprint density at radius 2 is 1.83 bits per heavy atom. The summed E-state index contributed by atoms with van der Waals surface area (Å²) < 4.78 is 11.0. The smallest absolute Gasteiger partial charge is 0.326 e. The van der Waals surface area contributed by atoms with Gasteiger partial charge in [0.15, 0.2) is 0 Å². The van der Waals surface area contributed by atoms with E-state index in [-0.39, 0.29) is 6.42 Å². The molecule has 3 N–H and O–H groups in total. The summed E-state index contributed by atoms with van der Waals surface area (Å²) in [4.78, 5) is 16.1. The lowest BCUT2D eigenvalue weighted by molar-refractivity contribution is -0.139. The Morgan fingerprint density at radius 3 is 2.49 bits per heavy atom. The third kappa shape index (κ3) is 7.80. The van der Waals surface area contributed by atoms with Crippen molar-refractivity contribution in [2.45, 2.75) is 18.9 Å². The number of hydrogen-bond acceptors (Lipinski definition) is 6. The van der Waals surface area contributed by atoms with Gasteiger partial charge in [0.2, 0.25) is 0 Å². The Morgan fingerprint density at radius 1 is 1.11 bits per heavy atom. The molecule has 0 saturated heterocycles. The molecule has 3 rings (SSSR count). The summed E-state index contributed by atoms with van der Waals surface area (Å²) in [6, 6.07) is 15.1. The van der Waals surface area contributed by atoms with Gasteiger partial charge < -0.3 is 25.2 Å². The normalized spacial score (nSPS) is 11.4. The zero-order valence-electron chi connectivity index (χ0n) is 19.3. The molecule has 1 aromatic heterocycles. The van der Waals surface area contributed by atoms with Crippen molar-refractivity contribution in [2.24, 2.45) is 0 Å². The maximum Gasteiger partial charge on any atom is 0.326 e. The maximum absolute atomic E-state index is 11.8. The minimum Gasteiger partial charge on any atom is -0.497 e. The van der Waals surface area contributed by atoms with Crippen molar-refractivity contribution in [2.75, 3.05) is 25.6 Å². The number of carbonyl (C=O) groups is 1. The second kappa shape index (κ2) is 12.9. The van der Waals surface area contributed by atoms with E-state index in [0.29, 0.717) is 40.2 Å². The molecule has 0 spiro atoms. The molecule has 1 atom stereocenters. The monoisotopic (exact) mass is 515 g/mol. The highest BCUT2D eigenvalue weighted by Gasteiger charge is 2.20. The summed E-state index contributed by atoms with van der Waals surface area (Å²) in [6.45, 7) is 5.14. The van der Waals surface area contributed by atoms with E-state index in [1.807, 2.05) is 30.3 Å². The molecule has 1 heterocycles. The first kappa shape index (κ1) is 26.2. The van der Waals surface area contributed by atoms with Crippen LogP contribution in [-0.4, -0.2) is 42.4 Å². The quantitative estimate of drug-likeness (QED) is 0.257. The van der Waals surface area contributed by atoms with E-state index in [9.17, 15) is 9.90 Å². The molecule has 7 nitrogen and oxygen atoms in total. The van der Waals surface area contributed by atoms with Gasteiger partial charge in [0.05, 0.1) is 23.8 Å². The first-order valence-corrected chi connectivity index (χ1v) is 11.7. The summed E-state index contributed by atoms with van der Waals surface area (Å²) >= 11 is 12.4. The maximum atomic E-state index is 11.8. The number of rotatable bonds is 13. The predicted molar refractivity (Wildman–Crippen MR) is 140 cm³/mol. The lowest BCUT2D eigenvalue weighted by atomic mass is 10.0. The molecule has 0 aliphatic rings. The van der Waals surface area contributed by atoms with Crippen molar-refractivity contribution in [1.82, 2.24) is 10.3 Å². The van der Waals surface area contributed by atoms with Crippen molar-refractivity contribution in [3.8, 4) is 11.5 Å². The molecular formula is C26H27Cl2N3O4. The summed E-state index contributed by atoms with van der Waals surface area (Å²) in [5.74, 6) is 1.19. The molecule has 0 unspecified atom stereocenters. The second-order valence-electron chi connectivity index (χ2n) is 7.67. The van der Waals surface area contributed by atoms with Gasteiger partial charge >= 0.3 is 5.97 Å². The molecule has 35 heavy (non-hydrogen) atoms. The van der Waals surface area contributed by atoms with Crippen LogP contribution in [0.1, 0.15) is 17.5 Å². The fraction of sp³-hybridized carbons (Fsp3) is 0.231. The SMILES string of the molecule is C=C(N[C@@H](Cc1ccc(OCCCNc2cc(OC)ccn2)cc1)C(=O)O)c1c(Cl)cccc1Cl. The molecule has 0 bridgehead atoms. The van der Waals surface area contributed by atoms with Crippen LogP contribution in [0.3, 0.4) is 0 Å². The largest absolute Gasteiger partial charge is 0.497 e. The summed E-state index contributed by atoms with van der Waals surface area (Å²) in [5, 5.41) is 16.6. The molecule has 0 fully saturated rings. The average Bonchev–Trinajstić information content (AvgIpc) is 2.84. The van der Waals surface area contributed by atoms with Crippen LogP contribution in [0.2, 0.25) is 10.0 Å². The van der Waals surface area contributed by atoms with Gasteiger partial charge in [-0.2, -0.15) is 0 Å². The van der Waals surface area contributed by atoms with E-state index in [1.54, 1.807) is 37.6 Å². The zero-order valence-corrected chi connectivity index (χ0v) is 20.8. The number of halogens is 2. The highest BCUT2D eigenvalue weighted by Crippen LogP contribution is 2.29. The minimum atomic E-state index is -1.01. The van der Waals surface area contributed by atoms with E-state index in [4.69, 9.17) is 32.7 Å². The average molecular weight is 516 g/mol. The van der Waals surface area contributed by atoms with Crippen LogP contribution in [0.5, 0.6) is 11.5 Å². The number of methoxy groups -OCH3 is 1. The second-order valence-corrected chi connectivity index (χ2v) is 8.48. The fourth-order valence-corrected chi connectivity index (χ4v) is 3.97. The van der Waals surface area contributed by atoms with Gasteiger partial charge in [-0.1, -0.05) is 48.0 Å². The summed E-state index contributed by atoms with van der Waals surface area (Å²) in [7, 11) is 1.62. The number of ether oxygens (including phenoxy) is 2. The Kier molecular flexibility index (Phi) is 9.64. The predicted octanol–water partition coefficient (Wildman–Crippen LogP) is 5.53.